The highest BCUT2D eigenvalue weighted by molar-refractivity contribution is 4.94. The van der Waals surface area contributed by atoms with E-state index in [1.807, 2.05) is 0 Å². The Bertz CT molecular complexity index is 118. The fourth-order valence-corrected chi connectivity index (χ4v) is 0.658. The molecule has 1 radical (unpaired) electrons. The van der Waals surface area contributed by atoms with Gasteiger partial charge in [-0.15, -0.1) is 6.58 Å². The van der Waals surface area contributed by atoms with E-state index in [2.05, 4.69) is 39.5 Å². The first-order valence-electron chi connectivity index (χ1n) is 3.77. The van der Waals surface area contributed by atoms with Crippen molar-refractivity contribution >= 4 is 0 Å². The van der Waals surface area contributed by atoms with Gasteiger partial charge in [0.2, 0.25) is 0 Å². The minimum absolute atomic E-state index is 0.435. The Kier molecular flexibility index (Phi) is 5.00. The number of rotatable bonds is 4. The van der Waals surface area contributed by atoms with Gasteiger partial charge in [0, 0.05) is 0 Å². The van der Waals surface area contributed by atoms with Gasteiger partial charge in [-0.1, -0.05) is 24.6 Å². The van der Waals surface area contributed by atoms with E-state index in [9.17, 15) is 0 Å². The van der Waals surface area contributed by atoms with Gasteiger partial charge in [0.15, 0.2) is 0 Å². The first-order chi connectivity index (χ1) is 4.63. The van der Waals surface area contributed by atoms with Crippen molar-refractivity contribution < 1.29 is 0 Å². The van der Waals surface area contributed by atoms with Crippen LogP contribution < -0.4 is 0 Å². The zero-order valence-corrected chi connectivity index (χ0v) is 7.06. The third-order valence-electron chi connectivity index (χ3n) is 1.20. The molecule has 0 aromatic rings. The highest BCUT2D eigenvalue weighted by Gasteiger charge is 1.84. The van der Waals surface area contributed by atoms with Crippen LogP contribution in [0.3, 0.4) is 0 Å². The highest BCUT2D eigenvalue weighted by Crippen LogP contribution is 2.02. The molecule has 0 heteroatoms. The van der Waals surface area contributed by atoms with E-state index in [-0.39, 0.29) is 0 Å². The van der Waals surface area contributed by atoms with Crippen LogP contribution in [0.2, 0.25) is 0 Å². The van der Waals surface area contributed by atoms with Crippen molar-refractivity contribution in [2.75, 3.05) is 0 Å². The van der Waals surface area contributed by atoms with Crippen LogP contribution in [0, 0.1) is 12.8 Å². The van der Waals surface area contributed by atoms with Crippen molar-refractivity contribution in [3.63, 3.8) is 0 Å². The Morgan fingerprint density at radius 3 is 2.60 bits per heavy atom. The molecule has 0 saturated heterocycles. The number of hydrogen-bond donors (Lipinski definition) is 0. The van der Waals surface area contributed by atoms with Gasteiger partial charge in [0.1, 0.15) is 0 Å². The van der Waals surface area contributed by atoms with Crippen molar-refractivity contribution in [2.24, 2.45) is 5.92 Å². The SMILES string of the molecule is [CH2]C(C)C=CCCC(=C)C. The Morgan fingerprint density at radius 1 is 1.60 bits per heavy atom. The van der Waals surface area contributed by atoms with Crippen LogP contribution >= 0.6 is 0 Å². The van der Waals surface area contributed by atoms with E-state index in [1.54, 1.807) is 0 Å². The van der Waals surface area contributed by atoms with Gasteiger partial charge < -0.3 is 0 Å². The fourth-order valence-electron chi connectivity index (χ4n) is 0.658. The number of allylic oxidation sites excluding steroid dienone is 3. The van der Waals surface area contributed by atoms with Gasteiger partial charge >= 0.3 is 0 Å². The number of hydrogen-bond acceptors (Lipinski definition) is 0. The first kappa shape index (κ1) is 9.48. The van der Waals surface area contributed by atoms with Crippen LogP contribution in [-0.4, -0.2) is 0 Å². The van der Waals surface area contributed by atoms with Crippen LogP contribution in [0.5, 0.6) is 0 Å². The summed E-state index contributed by atoms with van der Waals surface area (Å²) < 4.78 is 0. The maximum absolute atomic E-state index is 3.85. The molecule has 1 unspecified atom stereocenters. The van der Waals surface area contributed by atoms with Gasteiger partial charge in [-0.25, -0.2) is 0 Å². The predicted octanol–water partition coefficient (Wildman–Crippen LogP) is 3.37. The van der Waals surface area contributed by atoms with Crippen molar-refractivity contribution in [1.82, 2.24) is 0 Å². The van der Waals surface area contributed by atoms with E-state index < -0.39 is 0 Å². The van der Waals surface area contributed by atoms with Crippen LogP contribution in [0.15, 0.2) is 24.3 Å². The summed E-state index contributed by atoms with van der Waals surface area (Å²) in [6.07, 6.45) is 6.51. The second-order valence-corrected chi connectivity index (χ2v) is 2.90. The Labute approximate surface area is 64.6 Å². The maximum Gasteiger partial charge on any atom is -0.0262 e. The molecule has 0 nitrogen and oxygen atoms in total. The molecule has 1 atom stereocenters. The summed E-state index contributed by atoms with van der Waals surface area (Å²) in [5.41, 5.74) is 1.25. The smallest absolute Gasteiger partial charge is 0.0262 e. The van der Waals surface area contributed by atoms with Crippen molar-refractivity contribution in [2.45, 2.75) is 26.7 Å². The lowest BCUT2D eigenvalue weighted by molar-refractivity contribution is 0.907. The predicted molar refractivity (Wildman–Crippen MR) is 47.7 cm³/mol. The molecule has 0 heterocycles. The van der Waals surface area contributed by atoms with Gasteiger partial charge in [0.05, 0.1) is 0 Å². The average molecular weight is 137 g/mol. The van der Waals surface area contributed by atoms with Crippen LogP contribution in [-0.2, 0) is 0 Å². The standard InChI is InChI=1S/C10H17/c1-9(2)7-5-6-8-10(3)4/h5,7,9H,1,3,6,8H2,2,4H3. The second kappa shape index (κ2) is 5.28. The van der Waals surface area contributed by atoms with E-state index in [1.165, 1.54) is 5.57 Å². The molecule has 0 fully saturated rings. The molecule has 0 aliphatic heterocycles. The summed E-state index contributed by atoms with van der Waals surface area (Å²) >= 11 is 0. The van der Waals surface area contributed by atoms with Crippen LogP contribution in [0.1, 0.15) is 26.7 Å². The Hall–Kier alpha value is -0.520. The van der Waals surface area contributed by atoms with Crippen molar-refractivity contribution in [3.05, 3.63) is 31.2 Å². The molecule has 0 amide bonds. The average Bonchev–Trinajstić information content (AvgIpc) is 1.79. The summed E-state index contributed by atoms with van der Waals surface area (Å²) in [7, 11) is 0. The third kappa shape index (κ3) is 7.48. The fraction of sp³-hybridized carbons (Fsp3) is 0.500. The van der Waals surface area contributed by atoms with E-state index >= 15 is 0 Å². The van der Waals surface area contributed by atoms with E-state index in [4.69, 9.17) is 0 Å². The van der Waals surface area contributed by atoms with E-state index in [0.29, 0.717) is 5.92 Å². The Morgan fingerprint density at radius 2 is 2.20 bits per heavy atom. The third-order valence-corrected chi connectivity index (χ3v) is 1.20. The minimum Gasteiger partial charge on any atom is -0.100 e. The largest absolute Gasteiger partial charge is 0.100 e. The summed E-state index contributed by atoms with van der Waals surface area (Å²) in [5, 5.41) is 0. The zero-order chi connectivity index (χ0) is 7.98. The normalized spacial score (nSPS) is 11.2. The zero-order valence-electron chi connectivity index (χ0n) is 7.06. The lowest BCUT2D eigenvalue weighted by Gasteiger charge is -1.94. The topological polar surface area (TPSA) is 0 Å². The second-order valence-electron chi connectivity index (χ2n) is 2.90. The van der Waals surface area contributed by atoms with Gasteiger partial charge in [0.25, 0.3) is 0 Å². The van der Waals surface area contributed by atoms with Gasteiger partial charge in [-0.05, 0) is 32.6 Å². The summed E-state index contributed by atoms with van der Waals surface area (Å²) in [4.78, 5) is 0. The highest BCUT2D eigenvalue weighted by atomic mass is 13.9. The summed E-state index contributed by atoms with van der Waals surface area (Å²) in [6.45, 7) is 11.8. The molecule has 0 aliphatic rings. The van der Waals surface area contributed by atoms with Crippen LogP contribution in [0.4, 0.5) is 0 Å². The van der Waals surface area contributed by atoms with Crippen molar-refractivity contribution in [1.29, 1.82) is 0 Å². The lowest BCUT2D eigenvalue weighted by atomic mass is 10.1. The van der Waals surface area contributed by atoms with Crippen molar-refractivity contribution in [3.8, 4) is 0 Å². The molecule has 0 aromatic carbocycles. The molecule has 0 N–H and O–H groups in total. The molecule has 57 valence electrons. The molecule has 10 heavy (non-hydrogen) atoms. The van der Waals surface area contributed by atoms with Gasteiger partial charge in [-0.3, -0.25) is 0 Å². The van der Waals surface area contributed by atoms with Crippen LogP contribution in [0.25, 0.3) is 0 Å². The molecular formula is C10H17. The molecule has 0 aromatic heterocycles. The van der Waals surface area contributed by atoms with Gasteiger partial charge in [-0.2, -0.15) is 0 Å². The molecular weight excluding hydrogens is 120 g/mol. The molecule has 0 spiro atoms. The van der Waals surface area contributed by atoms with E-state index in [0.717, 1.165) is 12.8 Å². The monoisotopic (exact) mass is 137 g/mol. The molecule has 0 aliphatic carbocycles. The quantitative estimate of drug-likeness (QED) is 0.521. The Balaban J connectivity index is 3.27. The summed E-state index contributed by atoms with van der Waals surface area (Å²) in [6, 6.07) is 0. The lowest BCUT2D eigenvalue weighted by Crippen LogP contribution is -1.78. The maximum atomic E-state index is 3.85. The molecule has 0 saturated carbocycles. The molecule has 0 bridgehead atoms. The minimum atomic E-state index is 0.435. The molecule has 0 rings (SSSR count). The first-order valence-corrected chi connectivity index (χ1v) is 3.77. The summed E-state index contributed by atoms with van der Waals surface area (Å²) in [5.74, 6) is 0.435.